The van der Waals surface area contributed by atoms with Crippen LogP contribution in [0.3, 0.4) is 0 Å². The lowest BCUT2D eigenvalue weighted by atomic mass is 10.0. The number of primary sulfonamides is 1. The Morgan fingerprint density at radius 2 is 1.83 bits per heavy atom. The summed E-state index contributed by atoms with van der Waals surface area (Å²) in [6.07, 6.45) is 3.15. The monoisotopic (exact) mass is 366 g/mol. The van der Waals surface area contributed by atoms with E-state index in [9.17, 15) is 8.42 Å². The molecule has 0 aliphatic heterocycles. The molecule has 0 fully saturated rings. The molecule has 0 saturated carbocycles. The van der Waals surface area contributed by atoms with Gasteiger partial charge in [0.1, 0.15) is 0 Å². The molecule has 1 atom stereocenters. The molecule has 4 nitrogen and oxygen atoms in total. The van der Waals surface area contributed by atoms with Crippen LogP contribution in [0.1, 0.15) is 24.5 Å². The van der Waals surface area contributed by atoms with Crippen LogP contribution in [0.4, 0.5) is 0 Å². The van der Waals surface area contributed by atoms with Gasteiger partial charge in [-0.1, -0.05) is 43.3 Å². The zero-order chi connectivity index (χ0) is 16.4. The maximum atomic E-state index is 11.8. The minimum atomic E-state index is -3.73. The molecule has 2 aromatic carbocycles. The fourth-order valence-electron chi connectivity index (χ4n) is 3.23. The number of sulfonamides is 1. The number of nitrogens with two attached hydrogens (primary N) is 1. The molecule has 0 saturated heterocycles. The van der Waals surface area contributed by atoms with Gasteiger partial charge in [-0.2, -0.15) is 0 Å². The third kappa shape index (κ3) is 3.98. The SMILES string of the molecule is CCCN[C@H]1Cc2ccc(-c3ccccc3S(N)(=O)=O)cc2C1.Cl. The Balaban J connectivity index is 0.00000208. The Morgan fingerprint density at radius 1 is 1.12 bits per heavy atom. The van der Waals surface area contributed by atoms with Crippen LogP contribution >= 0.6 is 12.4 Å². The number of benzene rings is 2. The highest BCUT2D eigenvalue weighted by atomic mass is 35.5. The van der Waals surface area contributed by atoms with Gasteiger partial charge < -0.3 is 5.32 Å². The Kier molecular flexibility index (Phi) is 6.04. The van der Waals surface area contributed by atoms with E-state index in [4.69, 9.17) is 5.14 Å². The van der Waals surface area contributed by atoms with Gasteiger partial charge in [0.25, 0.3) is 0 Å². The van der Waals surface area contributed by atoms with Crippen LogP contribution in [-0.2, 0) is 22.9 Å². The average Bonchev–Trinajstić information content (AvgIpc) is 2.94. The van der Waals surface area contributed by atoms with Crippen LogP contribution in [0.25, 0.3) is 11.1 Å². The van der Waals surface area contributed by atoms with Crippen LogP contribution < -0.4 is 10.5 Å². The van der Waals surface area contributed by atoms with Crippen molar-refractivity contribution in [2.45, 2.75) is 37.1 Å². The highest BCUT2D eigenvalue weighted by Crippen LogP contribution is 2.31. The first-order chi connectivity index (χ1) is 11.0. The van der Waals surface area contributed by atoms with Gasteiger partial charge >= 0.3 is 0 Å². The van der Waals surface area contributed by atoms with Crippen molar-refractivity contribution in [3.63, 3.8) is 0 Å². The highest BCUT2D eigenvalue weighted by molar-refractivity contribution is 7.89. The zero-order valence-electron chi connectivity index (χ0n) is 13.7. The van der Waals surface area contributed by atoms with Crippen molar-refractivity contribution >= 4 is 22.4 Å². The lowest BCUT2D eigenvalue weighted by molar-refractivity contribution is 0.531. The zero-order valence-corrected chi connectivity index (χ0v) is 15.3. The van der Waals surface area contributed by atoms with Gasteiger partial charge in [0.05, 0.1) is 4.90 Å². The molecule has 0 radical (unpaired) electrons. The molecule has 24 heavy (non-hydrogen) atoms. The van der Waals surface area contributed by atoms with E-state index in [1.165, 1.54) is 11.1 Å². The van der Waals surface area contributed by atoms with E-state index in [0.29, 0.717) is 11.6 Å². The summed E-state index contributed by atoms with van der Waals surface area (Å²) < 4.78 is 23.6. The predicted molar refractivity (Wildman–Crippen MR) is 100.0 cm³/mol. The molecule has 3 N–H and O–H groups in total. The molecule has 0 aromatic heterocycles. The number of hydrogen-bond donors (Lipinski definition) is 2. The lowest BCUT2D eigenvalue weighted by Crippen LogP contribution is -2.29. The molecule has 130 valence electrons. The van der Waals surface area contributed by atoms with Gasteiger partial charge in [0.2, 0.25) is 10.0 Å². The third-order valence-corrected chi connectivity index (χ3v) is 5.30. The molecule has 0 amide bonds. The Labute approximate surface area is 149 Å². The Hall–Kier alpha value is -1.40. The van der Waals surface area contributed by atoms with Crippen LogP contribution in [0.5, 0.6) is 0 Å². The van der Waals surface area contributed by atoms with E-state index in [-0.39, 0.29) is 17.3 Å². The lowest BCUT2D eigenvalue weighted by Gasteiger charge is -2.10. The second-order valence-electron chi connectivity index (χ2n) is 6.08. The van der Waals surface area contributed by atoms with Crippen molar-refractivity contribution in [3.8, 4) is 11.1 Å². The summed E-state index contributed by atoms with van der Waals surface area (Å²) in [7, 11) is -3.73. The van der Waals surface area contributed by atoms with Crippen molar-refractivity contribution in [2.24, 2.45) is 5.14 Å². The summed E-state index contributed by atoms with van der Waals surface area (Å²) in [5.41, 5.74) is 4.21. The quantitative estimate of drug-likeness (QED) is 0.854. The summed E-state index contributed by atoms with van der Waals surface area (Å²) in [6, 6.07) is 13.6. The van der Waals surface area contributed by atoms with Gasteiger partial charge in [-0.15, -0.1) is 12.4 Å². The molecule has 3 rings (SSSR count). The number of halogens is 1. The molecule has 1 aliphatic rings. The van der Waals surface area contributed by atoms with Crippen LogP contribution in [0.15, 0.2) is 47.4 Å². The van der Waals surface area contributed by atoms with Crippen molar-refractivity contribution in [3.05, 3.63) is 53.6 Å². The first-order valence-electron chi connectivity index (χ1n) is 7.96. The van der Waals surface area contributed by atoms with E-state index >= 15 is 0 Å². The molecular weight excluding hydrogens is 344 g/mol. The summed E-state index contributed by atoms with van der Waals surface area (Å²) in [5, 5.41) is 8.90. The van der Waals surface area contributed by atoms with Gasteiger partial charge in [-0.3, -0.25) is 0 Å². The number of rotatable bonds is 5. The summed E-state index contributed by atoms with van der Waals surface area (Å²) in [5.74, 6) is 0. The second kappa shape index (κ2) is 7.66. The van der Waals surface area contributed by atoms with Crippen molar-refractivity contribution in [1.82, 2.24) is 5.32 Å². The first kappa shape index (κ1) is 18.9. The smallest absolute Gasteiger partial charge is 0.238 e. The summed E-state index contributed by atoms with van der Waals surface area (Å²) >= 11 is 0. The maximum absolute atomic E-state index is 11.8. The molecular formula is C18H23ClN2O2S. The van der Waals surface area contributed by atoms with Gasteiger partial charge in [0.15, 0.2) is 0 Å². The Morgan fingerprint density at radius 3 is 2.54 bits per heavy atom. The predicted octanol–water partition coefficient (Wildman–Crippen LogP) is 2.89. The van der Waals surface area contributed by atoms with E-state index in [0.717, 1.165) is 31.4 Å². The van der Waals surface area contributed by atoms with Crippen LogP contribution in [-0.4, -0.2) is 21.0 Å². The minimum absolute atomic E-state index is 0. The molecule has 0 spiro atoms. The summed E-state index contributed by atoms with van der Waals surface area (Å²) in [4.78, 5) is 0.179. The molecule has 0 bridgehead atoms. The number of fused-ring (bicyclic) bond motifs is 1. The number of nitrogens with one attached hydrogen (secondary N) is 1. The van der Waals surface area contributed by atoms with E-state index in [1.54, 1.807) is 12.1 Å². The topological polar surface area (TPSA) is 72.2 Å². The van der Waals surface area contributed by atoms with Crippen molar-refractivity contribution < 1.29 is 8.42 Å². The van der Waals surface area contributed by atoms with Gasteiger partial charge in [0, 0.05) is 11.6 Å². The second-order valence-corrected chi connectivity index (χ2v) is 7.61. The summed E-state index contributed by atoms with van der Waals surface area (Å²) in [6.45, 7) is 3.19. The van der Waals surface area contributed by atoms with E-state index in [1.807, 2.05) is 18.2 Å². The van der Waals surface area contributed by atoms with Gasteiger partial charge in [-0.05, 0) is 48.6 Å². The maximum Gasteiger partial charge on any atom is 0.238 e. The van der Waals surface area contributed by atoms with Gasteiger partial charge in [-0.25, -0.2) is 13.6 Å². The highest BCUT2D eigenvalue weighted by Gasteiger charge is 2.22. The van der Waals surface area contributed by atoms with Crippen molar-refractivity contribution in [1.29, 1.82) is 0 Å². The molecule has 0 unspecified atom stereocenters. The fraction of sp³-hybridized carbons (Fsp3) is 0.333. The molecule has 0 heterocycles. The Bertz CT molecular complexity index is 822. The minimum Gasteiger partial charge on any atom is -0.313 e. The fourth-order valence-corrected chi connectivity index (χ4v) is 3.99. The molecule has 1 aliphatic carbocycles. The van der Waals surface area contributed by atoms with Crippen molar-refractivity contribution in [2.75, 3.05) is 6.54 Å². The molecule has 2 aromatic rings. The van der Waals surface area contributed by atoms with Crippen LogP contribution in [0.2, 0.25) is 0 Å². The third-order valence-electron chi connectivity index (χ3n) is 4.33. The molecule has 6 heteroatoms. The normalized spacial score (nSPS) is 16.5. The first-order valence-corrected chi connectivity index (χ1v) is 9.51. The average molecular weight is 367 g/mol. The number of hydrogen-bond acceptors (Lipinski definition) is 3. The van der Waals surface area contributed by atoms with E-state index in [2.05, 4.69) is 24.4 Å². The standard InChI is InChI=1S/C18H22N2O2S.ClH/c1-2-9-20-16-11-13-7-8-14(10-15(13)12-16)17-5-3-4-6-18(17)23(19,21)22;/h3-8,10,16,20H,2,9,11-12H2,1H3,(H2,19,21,22);1H/t16-;/m0./s1. The van der Waals surface area contributed by atoms with E-state index < -0.39 is 10.0 Å². The van der Waals surface area contributed by atoms with Crippen LogP contribution in [0, 0.1) is 0 Å². The largest absolute Gasteiger partial charge is 0.313 e.